The van der Waals surface area contributed by atoms with Crippen LogP contribution in [-0.2, 0) is 0 Å². The Morgan fingerprint density at radius 2 is 2.41 bits per heavy atom. The molecule has 0 aliphatic carbocycles. The average Bonchev–Trinajstić information content (AvgIpc) is 2.29. The average molecular weight is 258 g/mol. The van der Waals surface area contributed by atoms with Gasteiger partial charge >= 0.3 is 0 Å². The molecule has 2 unspecified atom stereocenters. The summed E-state index contributed by atoms with van der Waals surface area (Å²) in [4.78, 5) is 6.03. The van der Waals surface area contributed by atoms with Crippen LogP contribution in [-0.4, -0.2) is 24.1 Å². The molecule has 1 aliphatic rings. The van der Waals surface area contributed by atoms with E-state index >= 15 is 0 Å². The van der Waals surface area contributed by atoms with Gasteiger partial charge in [0.2, 0.25) is 0 Å². The summed E-state index contributed by atoms with van der Waals surface area (Å²) >= 11 is 5.69. The lowest BCUT2D eigenvalue weighted by Crippen LogP contribution is -2.43. The van der Waals surface area contributed by atoms with Gasteiger partial charge < -0.3 is 10.6 Å². The fourth-order valence-corrected chi connectivity index (χ4v) is 2.42. The van der Waals surface area contributed by atoms with Gasteiger partial charge in [-0.1, -0.05) is 11.6 Å². The Balaban J connectivity index is 2.16. The van der Waals surface area contributed by atoms with Crippen LogP contribution < -0.4 is 10.6 Å². The van der Waals surface area contributed by atoms with Crippen molar-refractivity contribution >= 4 is 17.4 Å². The van der Waals surface area contributed by atoms with Crippen molar-refractivity contribution in [2.45, 2.75) is 25.8 Å². The summed E-state index contributed by atoms with van der Waals surface area (Å²) in [5.74, 6) is 0.434. The Labute approximate surface area is 106 Å². The molecule has 0 spiro atoms. The molecule has 5 heteroatoms. The summed E-state index contributed by atoms with van der Waals surface area (Å²) in [6, 6.07) is 1.44. The molecule has 1 aliphatic heterocycles. The standard InChI is InChI=1S/C12H17ClFN3/c1-8(15)9-3-2-4-17(7-9)12-11(14)5-10(13)6-16-12/h5-6,8-9H,2-4,7,15H2,1H3. The molecule has 17 heavy (non-hydrogen) atoms. The van der Waals surface area contributed by atoms with E-state index in [0.29, 0.717) is 16.8 Å². The van der Waals surface area contributed by atoms with E-state index in [4.69, 9.17) is 17.3 Å². The lowest BCUT2D eigenvalue weighted by molar-refractivity contribution is 0.361. The van der Waals surface area contributed by atoms with E-state index in [1.807, 2.05) is 11.8 Å². The van der Waals surface area contributed by atoms with Gasteiger partial charge in [0.05, 0.1) is 5.02 Å². The van der Waals surface area contributed by atoms with Gasteiger partial charge in [-0.2, -0.15) is 0 Å². The molecule has 1 saturated heterocycles. The first-order valence-corrected chi connectivity index (χ1v) is 6.27. The molecule has 0 radical (unpaired) electrons. The number of aromatic nitrogens is 1. The first-order chi connectivity index (χ1) is 8.08. The molecule has 1 fully saturated rings. The highest BCUT2D eigenvalue weighted by Crippen LogP contribution is 2.26. The highest BCUT2D eigenvalue weighted by Gasteiger charge is 2.25. The lowest BCUT2D eigenvalue weighted by atomic mass is 9.92. The van der Waals surface area contributed by atoms with Crippen molar-refractivity contribution in [3.8, 4) is 0 Å². The molecule has 0 amide bonds. The Bertz CT molecular complexity index is 397. The SMILES string of the molecule is CC(N)C1CCCN(c2ncc(Cl)cc2F)C1. The zero-order chi connectivity index (χ0) is 12.4. The fourth-order valence-electron chi connectivity index (χ4n) is 2.27. The Hall–Kier alpha value is -0.870. The van der Waals surface area contributed by atoms with Gasteiger partial charge in [-0.3, -0.25) is 0 Å². The normalized spacial score (nSPS) is 22.6. The number of nitrogens with zero attached hydrogens (tertiary/aromatic N) is 2. The van der Waals surface area contributed by atoms with Gasteiger partial charge in [0.1, 0.15) is 0 Å². The first-order valence-electron chi connectivity index (χ1n) is 5.89. The van der Waals surface area contributed by atoms with E-state index in [2.05, 4.69) is 4.98 Å². The molecule has 94 valence electrons. The van der Waals surface area contributed by atoms with E-state index in [9.17, 15) is 4.39 Å². The van der Waals surface area contributed by atoms with Crippen molar-refractivity contribution in [2.24, 2.45) is 11.7 Å². The van der Waals surface area contributed by atoms with Crippen LogP contribution >= 0.6 is 11.6 Å². The summed E-state index contributed by atoms with van der Waals surface area (Å²) in [7, 11) is 0. The maximum Gasteiger partial charge on any atom is 0.167 e. The molecular formula is C12H17ClFN3. The summed E-state index contributed by atoms with van der Waals surface area (Å²) in [6.07, 6.45) is 3.61. The Kier molecular flexibility index (Phi) is 3.84. The van der Waals surface area contributed by atoms with Crippen LogP contribution in [0.4, 0.5) is 10.2 Å². The Morgan fingerprint density at radius 1 is 1.65 bits per heavy atom. The number of anilines is 1. The number of nitrogens with two attached hydrogens (primary N) is 1. The highest BCUT2D eigenvalue weighted by molar-refractivity contribution is 6.30. The molecule has 2 N–H and O–H groups in total. The summed E-state index contributed by atoms with van der Waals surface area (Å²) in [5.41, 5.74) is 5.91. The van der Waals surface area contributed by atoms with Gasteiger partial charge in [0, 0.05) is 25.3 Å². The predicted octanol–water partition coefficient (Wildman–Crippen LogP) is 2.44. The molecule has 2 rings (SSSR count). The van der Waals surface area contributed by atoms with Crippen molar-refractivity contribution in [3.05, 3.63) is 23.1 Å². The van der Waals surface area contributed by atoms with Crippen molar-refractivity contribution in [3.63, 3.8) is 0 Å². The smallest absolute Gasteiger partial charge is 0.167 e. The third-order valence-corrected chi connectivity index (χ3v) is 3.50. The maximum absolute atomic E-state index is 13.7. The minimum atomic E-state index is -0.358. The van der Waals surface area contributed by atoms with E-state index in [0.717, 1.165) is 25.9 Å². The third kappa shape index (κ3) is 2.87. The number of hydrogen-bond donors (Lipinski definition) is 1. The number of pyridine rings is 1. The highest BCUT2D eigenvalue weighted by atomic mass is 35.5. The van der Waals surface area contributed by atoms with Crippen LogP contribution in [0.2, 0.25) is 5.02 Å². The van der Waals surface area contributed by atoms with Gasteiger partial charge in [-0.25, -0.2) is 9.37 Å². The molecule has 3 nitrogen and oxygen atoms in total. The van der Waals surface area contributed by atoms with Gasteiger partial charge in [0.15, 0.2) is 11.6 Å². The third-order valence-electron chi connectivity index (χ3n) is 3.29. The fraction of sp³-hybridized carbons (Fsp3) is 0.583. The first kappa shape index (κ1) is 12.6. The number of hydrogen-bond acceptors (Lipinski definition) is 3. The van der Waals surface area contributed by atoms with Crippen LogP contribution in [0.25, 0.3) is 0 Å². The van der Waals surface area contributed by atoms with Crippen molar-refractivity contribution in [1.82, 2.24) is 4.98 Å². The second kappa shape index (κ2) is 5.19. The van der Waals surface area contributed by atoms with Crippen LogP contribution in [0.3, 0.4) is 0 Å². The largest absolute Gasteiger partial charge is 0.354 e. The van der Waals surface area contributed by atoms with Crippen molar-refractivity contribution in [2.75, 3.05) is 18.0 Å². The second-order valence-electron chi connectivity index (χ2n) is 4.67. The Morgan fingerprint density at radius 3 is 3.06 bits per heavy atom. The minimum Gasteiger partial charge on any atom is -0.354 e. The zero-order valence-corrected chi connectivity index (χ0v) is 10.6. The summed E-state index contributed by atoms with van der Waals surface area (Å²) in [6.45, 7) is 3.60. The lowest BCUT2D eigenvalue weighted by Gasteiger charge is -2.35. The van der Waals surface area contributed by atoms with Crippen molar-refractivity contribution in [1.29, 1.82) is 0 Å². The molecule has 0 bridgehead atoms. The van der Waals surface area contributed by atoms with Gasteiger partial charge in [0.25, 0.3) is 0 Å². The predicted molar refractivity (Wildman–Crippen MR) is 67.8 cm³/mol. The molecule has 0 aromatic carbocycles. The molecular weight excluding hydrogens is 241 g/mol. The molecule has 2 atom stereocenters. The second-order valence-corrected chi connectivity index (χ2v) is 5.10. The monoisotopic (exact) mass is 257 g/mol. The van der Waals surface area contributed by atoms with Crippen LogP contribution in [0.5, 0.6) is 0 Å². The quantitative estimate of drug-likeness (QED) is 0.885. The van der Waals surface area contributed by atoms with E-state index in [-0.39, 0.29) is 11.9 Å². The molecule has 2 heterocycles. The van der Waals surface area contributed by atoms with Gasteiger partial charge in [-0.05, 0) is 31.7 Å². The minimum absolute atomic E-state index is 0.133. The van der Waals surface area contributed by atoms with E-state index in [1.165, 1.54) is 12.3 Å². The summed E-state index contributed by atoms with van der Waals surface area (Å²) in [5, 5.41) is 0.326. The number of rotatable bonds is 2. The summed E-state index contributed by atoms with van der Waals surface area (Å²) < 4.78 is 13.7. The zero-order valence-electron chi connectivity index (χ0n) is 9.87. The van der Waals surface area contributed by atoms with Crippen LogP contribution in [0.1, 0.15) is 19.8 Å². The molecule has 1 aromatic heterocycles. The van der Waals surface area contributed by atoms with E-state index in [1.54, 1.807) is 0 Å². The van der Waals surface area contributed by atoms with Crippen LogP contribution in [0, 0.1) is 11.7 Å². The maximum atomic E-state index is 13.7. The topological polar surface area (TPSA) is 42.1 Å². The number of piperidine rings is 1. The van der Waals surface area contributed by atoms with E-state index < -0.39 is 0 Å². The van der Waals surface area contributed by atoms with Gasteiger partial charge in [-0.15, -0.1) is 0 Å². The van der Waals surface area contributed by atoms with Crippen LogP contribution in [0.15, 0.2) is 12.3 Å². The van der Waals surface area contributed by atoms with Crippen molar-refractivity contribution < 1.29 is 4.39 Å². The molecule has 1 aromatic rings. The number of halogens is 2. The molecule has 0 saturated carbocycles.